The predicted octanol–water partition coefficient (Wildman–Crippen LogP) is 4.87. The number of ketones is 1. The van der Waals surface area contributed by atoms with Gasteiger partial charge in [-0.3, -0.25) is 9.59 Å². The minimum absolute atomic E-state index is 0.0263. The zero-order chi connectivity index (χ0) is 20.5. The topological polar surface area (TPSA) is 39.1 Å². The SMILES string of the molecule is Cc1ccc(Cn2cc(C(=O)c3ccccc3)c(=O)c3cc(F)cc(F)c32)cc1. The van der Waals surface area contributed by atoms with Gasteiger partial charge in [-0.2, -0.15) is 0 Å². The lowest BCUT2D eigenvalue weighted by Gasteiger charge is -2.14. The highest BCUT2D eigenvalue weighted by molar-refractivity contribution is 6.10. The standard InChI is InChI=1S/C24H17F2NO2/c1-15-7-9-16(10-8-15)13-27-14-20(23(28)17-5-3-2-4-6-17)24(29)19-11-18(25)12-21(26)22(19)27/h2-12,14H,13H2,1H3. The molecule has 0 aliphatic heterocycles. The van der Waals surface area contributed by atoms with E-state index in [0.29, 0.717) is 5.56 Å². The minimum Gasteiger partial charge on any atom is -0.340 e. The highest BCUT2D eigenvalue weighted by atomic mass is 19.1. The number of fused-ring (bicyclic) bond motifs is 1. The van der Waals surface area contributed by atoms with Crippen LogP contribution in [0.25, 0.3) is 10.9 Å². The quantitative estimate of drug-likeness (QED) is 0.467. The summed E-state index contributed by atoms with van der Waals surface area (Å²) in [6.07, 6.45) is 1.36. The number of nitrogens with zero attached hydrogens (tertiary/aromatic N) is 1. The van der Waals surface area contributed by atoms with Crippen LogP contribution in [0.5, 0.6) is 0 Å². The fraction of sp³-hybridized carbons (Fsp3) is 0.0833. The Bertz CT molecular complexity index is 1280. The van der Waals surface area contributed by atoms with E-state index in [4.69, 9.17) is 0 Å². The molecule has 0 aliphatic carbocycles. The van der Waals surface area contributed by atoms with Crippen molar-refractivity contribution in [3.8, 4) is 0 Å². The molecular weight excluding hydrogens is 372 g/mol. The average molecular weight is 389 g/mol. The van der Waals surface area contributed by atoms with Gasteiger partial charge in [-0.05, 0) is 18.6 Å². The molecule has 0 amide bonds. The molecule has 144 valence electrons. The maximum Gasteiger partial charge on any atom is 0.200 e. The van der Waals surface area contributed by atoms with Gasteiger partial charge < -0.3 is 4.57 Å². The Kier molecular flexibility index (Phi) is 4.80. The van der Waals surface area contributed by atoms with Crippen molar-refractivity contribution in [2.24, 2.45) is 0 Å². The van der Waals surface area contributed by atoms with Crippen molar-refractivity contribution in [2.75, 3.05) is 0 Å². The Labute approximate surface area is 165 Å². The summed E-state index contributed by atoms with van der Waals surface area (Å²) in [6, 6.07) is 17.7. The highest BCUT2D eigenvalue weighted by Gasteiger charge is 2.20. The Morgan fingerprint density at radius 1 is 0.966 bits per heavy atom. The van der Waals surface area contributed by atoms with Gasteiger partial charge in [0.2, 0.25) is 5.43 Å². The Hall–Kier alpha value is -3.60. The molecule has 1 heterocycles. The summed E-state index contributed by atoms with van der Waals surface area (Å²) in [4.78, 5) is 25.9. The zero-order valence-electron chi connectivity index (χ0n) is 15.7. The lowest BCUT2D eigenvalue weighted by molar-refractivity contribution is 0.103. The number of rotatable bonds is 4. The number of hydrogen-bond acceptors (Lipinski definition) is 2. The molecule has 4 aromatic rings. The number of aryl methyl sites for hydroxylation is 1. The molecule has 29 heavy (non-hydrogen) atoms. The lowest BCUT2D eigenvalue weighted by atomic mass is 10.0. The molecule has 1 aromatic heterocycles. The van der Waals surface area contributed by atoms with Crippen LogP contribution >= 0.6 is 0 Å². The van der Waals surface area contributed by atoms with Gasteiger partial charge in [0.05, 0.1) is 16.5 Å². The fourth-order valence-electron chi connectivity index (χ4n) is 3.38. The van der Waals surface area contributed by atoms with E-state index in [0.717, 1.165) is 23.3 Å². The molecule has 0 unspecified atom stereocenters. The molecule has 5 heteroatoms. The molecule has 0 saturated heterocycles. The van der Waals surface area contributed by atoms with Crippen molar-refractivity contribution in [2.45, 2.75) is 13.5 Å². The molecule has 0 radical (unpaired) electrons. The normalized spacial score (nSPS) is 11.0. The van der Waals surface area contributed by atoms with E-state index in [1.807, 2.05) is 31.2 Å². The summed E-state index contributed by atoms with van der Waals surface area (Å²) in [7, 11) is 0. The van der Waals surface area contributed by atoms with Crippen molar-refractivity contribution in [1.82, 2.24) is 4.57 Å². The molecule has 4 rings (SSSR count). The van der Waals surface area contributed by atoms with E-state index in [1.54, 1.807) is 30.3 Å². The first-order valence-electron chi connectivity index (χ1n) is 9.11. The van der Waals surface area contributed by atoms with E-state index in [-0.39, 0.29) is 23.0 Å². The molecule has 0 bridgehead atoms. The van der Waals surface area contributed by atoms with Gasteiger partial charge in [0.25, 0.3) is 0 Å². The number of carbonyl (C=O) groups is 1. The van der Waals surface area contributed by atoms with Crippen molar-refractivity contribution in [1.29, 1.82) is 0 Å². The van der Waals surface area contributed by atoms with Gasteiger partial charge in [-0.1, -0.05) is 60.2 Å². The van der Waals surface area contributed by atoms with Gasteiger partial charge in [-0.15, -0.1) is 0 Å². The van der Waals surface area contributed by atoms with Crippen molar-refractivity contribution in [3.05, 3.63) is 117 Å². The Morgan fingerprint density at radius 2 is 1.66 bits per heavy atom. The molecule has 0 atom stereocenters. The number of halogens is 2. The van der Waals surface area contributed by atoms with Crippen LogP contribution in [0.2, 0.25) is 0 Å². The summed E-state index contributed by atoms with van der Waals surface area (Å²) in [5.41, 5.74) is 1.44. The summed E-state index contributed by atoms with van der Waals surface area (Å²) < 4.78 is 30.0. The predicted molar refractivity (Wildman–Crippen MR) is 108 cm³/mol. The summed E-state index contributed by atoms with van der Waals surface area (Å²) in [5.74, 6) is -2.19. The van der Waals surface area contributed by atoms with Gasteiger partial charge in [-0.25, -0.2) is 8.78 Å². The monoisotopic (exact) mass is 389 g/mol. The number of aromatic nitrogens is 1. The molecule has 0 spiro atoms. The van der Waals surface area contributed by atoms with Crippen LogP contribution in [0.15, 0.2) is 77.7 Å². The van der Waals surface area contributed by atoms with Crippen LogP contribution in [0.3, 0.4) is 0 Å². The van der Waals surface area contributed by atoms with Crippen LogP contribution in [0.4, 0.5) is 8.78 Å². The fourth-order valence-corrected chi connectivity index (χ4v) is 3.38. The van der Waals surface area contributed by atoms with Crippen molar-refractivity contribution in [3.63, 3.8) is 0 Å². The second-order valence-electron chi connectivity index (χ2n) is 6.96. The van der Waals surface area contributed by atoms with Gasteiger partial charge in [0, 0.05) is 24.4 Å². The van der Waals surface area contributed by atoms with Crippen LogP contribution in [-0.2, 0) is 6.54 Å². The maximum absolute atomic E-state index is 14.6. The first-order chi connectivity index (χ1) is 13.9. The van der Waals surface area contributed by atoms with Crippen molar-refractivity contribution >= 4 is 16.7 Å². The second kappa shape index (κ2) is 7.43. The van der Waals surface area contributed by atoms with E-state index in [9.17, 15) is 18.4 Å². The average Bonchev–Trinajstić information content (AvgIpc) is 2.71. The van der Waals surface area contributed by atoms with E-state index < -0.39 is 22.8 Å². The third-order valence-corrected chi connectivity index (χ3v) is 4.84. The smallest absolute Gasteiger partial charge is 0.200 e. The molecule has 0 N–H and O–H groups in total. The lowest BCUT2D eigenvalue weighted by Crippen LogP contribution is -2.21. The van der Waals surface area contributed by atoms with Crippen LogP contribution in [0, 0.1) is 18.6 Å². The number of pyridine rings is 1. The molecule has 3 aromatic carbocycles. The van der Waals surface area contributed by atoms with Gasteiger partial charge in [0.1, 0.15) is 5.82 Å². The number of hydrogen-bond donors (Lipinski definition) is 0. The van der Waals surface area contributed by atoms with Crippen LogP contribution in [0.1, 0.15) is 27.0 Å². The van der Waals surface area contributed by atoms with E-state index >= 15 is 0 Å². The van der Waals surface area contributed by atoms with Crippen molar-refractivity contribution < 1.29 is 13.6 Å². The van der Waals surface area contributed by atoms with Gasteiger partial charge in [0.15, 0.2) is 11.6 Å². The molecule has 0 saturated carbocycles. The third-order valence-electron chi connectivity index (χ3n) is 4.84. The maximum atomic E-state index is 14.6. The van der Waals surface area contributed by atoms with E-state index in [1.165, 1.54) is 10.8 Å². The van der Waals surface area contributed by atoms with Gasteiger partial charge >= 0.3 is 0 Å². The minimum atomic E-state index is -0.863. The number of benzene rings is 3. The first-order valence-corrected chi connectivity index (χ1v) is 9.11. The Morgan fingerprint density at radius 3 is 2.34 bits per heavy atom. The highest BCUT2D eigenvalue weighted by Crippen LogP contribution is 2.21. The molecule has 3 nitrogen and oxygen atoms in total. The summed E-state index contributed by atoms with van der Waals surface area (Å²) in [5, 5.41) is -0.156. The van der Waals surface area contributed by atoms with E-state index in [2.05, 4.69) is 0 Å². The Balaban J connectivity index is 1.95. The molecule has 0 aliphatic rings. The first kappa shape index (κ1) is 18.7. The second-order valence-corrected chi connectivity index (χ2v) is 6.96. The third kappa shape index (κ3) is 3.59. The van der Waals surface area contributed by atoms with Crippen LogP contribution in [-0.4, -0.2) is 10.4 Å². The molecule has 0 fully saturated rings. The summed E-state index contributed by atoms with van der Waals surface area (Å²) in [6.45, 7) is 2.19. The zero-order valence-corrected chi connectivity index (χ0v) is 15.7. The summed E-state index contributed by atoms with van der Waals surface area (Å²) >= 11 is 0. The van der Waals surface area contributed by atoms with Crippen LogP contribution < -0.4 is 5.43 Å². The molecular formula is C24H17F2NO2. The number of carbonyl (C=O) groups excluding carboxylic acids is 1. The largest absolute Gasteiger partial charge is 0.340 e.